The Hall–Kier alpha value is -1.11. The summed E-state index contributed by atoms with van der Waals surface area (Å²) in [5.74, 6) is 1.10. The Kier molecular flexibility index (Phi) is 6.45. The van der Waals surface area contributed by atoms with Gasteiger partial charge in [-0.3, -0.25) is 0 Å². The Morgan fingerprint density at radius 3 is 2.25 bits per heavy atom. The normalized spacial score (nSPS) is 13.4. The zero-order valence-electron chi connectivity index (χ0n) is 12.4. The fourth-order valence-corrected chi connectivity index (χ4v) is 2.49. The fourth-order valence-electron chi connectivity index (χ4n) is 1.37. The van der Waals surface area contributed by atoms with E-state index in [4.69, 9.17) is 9.47 Å². The summed E-state index contributed by atoms with van der Waals surface area (Å²) in [5.41, 5.74) is 0. The fraction of sp³-hybridized carbons (Fsp3) is 0.571. The molecule has 0 aliphatic heterocycles. The maximum atomic E-state index is 12.0. The van der Waals surface area contributed by atoms with Gasteiger partial charge < -0.3 is 9.47 Å². The molecular weight excluding hydrogens is 278 g/mol. The second kappa shape index (κ2) is 7.61. The molecule has 0 fully saturated rings. The summed E-state index contributed by atoms with van der Waals surface area (Å²) in [6.45, 7) is 6.75. The molecular formula is C14H23NO4S. The third kappa shape index (κ3) is 5.48. The number of hydrogen-bond acceptors (Lipinski definition) is 4. The van der Waals surface area contributed by atoms with Crippen molar-refractivity contribution in [1.29, 1.82) is 0 Å². The molecule has 0 saturated carbocycles. The Morgan fingerprint density at radius 1 is 1.15 bits per heavy atom. The lowest BCUT2D eigenvalue weighted by Crippen LogP contribution is -2.31. The SMILES string of the molecule is COC(C)CNS(=O)(=O)c1ccc(OCC(C)C)cc1. The average molecular weight is 301 g/mol. The molecule has 1 rings (SSSR count). The topological polar surface area (TPSA) is 64.6 Å². The molecule has 0 amide bonds. The summed E-state index contributed by atoms with van der Waals surface area (Å²) in [6, 6.07) is 6.40. The van der Waals surface area contributed by atoms with Crippen LogP contribution >= 0.6 is 0 Å². The van der Waals surface area contributed by atoms with Crippen molar-refractivity contribution < 1.29 is 17.9 Å². The highest BCUT2D eigenvalue weighted by Crippen LogP contribution is 2.16. The smallest absolute Gasteiger partial charge is 0.240 e. The van der Waals surface area contributed by atoms with E-state index in [2.05, 4.69) is 18.6 Å². The second-order valence-corrected chi connectivity index (χ2v) is 6.84. The Balaban J connectivity index is 2.67. The van der Waals surface area contributed by atoms with Crippen LogP contribution in [0.2, 0.25) is 0 Å². The number of rotatable bonds is 8. The number of methoxy groups -OCH3 is 1. The summed E-state index contributed by atoms with van der Waals surface area (Å²) in [5, 5.41) is 0. The number of benzene rings is 1. The zero-order chi connectivity index (χ0) is 15.2. The molecule has 20 heavy (non-hydrogen) atoms. The van der Waals surface area contributed by atoms with Crippen molar-refractivity contribution in [2.75, 3.05) is 20.3 Å². The van der Waals surface area contributed by atoms with Crippen LogP contribution in [-0.4, -0.2) is 34.8 Å². The van der Waals surface area contributed by atoms with Crippen LogP contribution in [0, 0.1) is 5.92 Å². The monoisotopic (exact) mass is 301 g/mol. The molecule has 1 unspecified atom stereocenters. The first-order chi connectivity index (χ1) is 9.35. The van der Waals surface area contributed by atoms with Crippen LogP contribution in [0.1, 0.15) is 20.8 Å². The van der Waals surface area contributed by atoms with Crippen LogP contribution in [0.25, 0.3) is 0 Å². The van der Waals surface area contributed by atoms with E-state index in [1.165, 1.54) is 12.1 Å². The van der Waals surface area contributed by atoms with Crippen molar-refractivity contribution in [3.8, 4) is 5.75 Å². The molecule has 1 aromatic carbocycles. The highest BCUT2D eigenvalue weighted by Gasteiger charge is 2.15. The van der Waals surface area contributed by atoms with Gasteiger partial charge in [0.25, 0.3) is 0 Å². The van der Waals surface area contributed by atoms with Crippen LogP contribution in [0.15, 0.2) is 29.2 Å². The maximum absolute atomic E-state index is 12.0. The number of nitrogens with one attached hydrogen (secondary N) is 1. The van der Waals surface area contributed by atoms with Gasteiger partial charge in [0.05, 0.1) is 17.6 Å². The first-order valence-electron chi connectivity index (χ1n) is 6.60. The van der Waals surface area contributed by atoms with Gasteiger partial charge >= 0.3 is 0 Å². The molecule has 0 bridgehead atoms. The molecule has 1 N–H and O–H groups in total. The third-order valence-corrected chi connectivity index (χ3v) is 4.12. The van der Waals surface area contributed by atoms with Crippen LogP contribution in [0.3, 0.4) is 0 Å². The van der Waals surface area contributed by atoms with Gasteiger partial charge in [0, 0.05) is 13.7 Å². The Labute approximate surface area is 121 Å². The molecule has 1 atom stereocenters. The van der Waals surface area contributed by atoms with Gasteiger partial charge in [-0.05, 0) is 37.1 Å². The number of sulfonamides is 1. The maximum Gasteiger partial charge on any atom is 0.240 e. The summed E-state index contributed by atoms with van der Waals surface area (Å²) < 4.78 is 37.1. The van der Waals surface area contributed by atoms with Crippen molar-refractivity contribution in [2.24, 2.45) is 5.92 Å². The van der Waals surface area contributed by atoms with Gasteiger partial charge in [0.1, 0.15) is 5.75 Å². The number of ether oxygens (including phenoxy) is 2. The predicted octanol–water partition coefficient (Wildman–Crippen LogP) is 2.03. The van der Waals surface area contributed by atoms with E-state index >= 15 is 0 Å². The lowest BCUT2D eigenvalue weighted by molar-refractivity contribution is 0.122. The summed E-state index contributed by atoms with van der Waals surface area (Å²) in [6.07, 6.45) is -0.168. The van der Waals surface area contributed by atoms with Crippen LogP contribution in [-0.2, 0) is 14.8 Å². The largest absolute Gasteiger partial charge is 0.493 e. The van der Waals surface area contributed by atoms with E-state index < -0.39 is 10.0 Å². The molecule has 0 heterocycles. The van der Waals surface area contributed by atoms with Gasteiger partial charge in [-0.25, -0.2) is 13.1 Å². The first-order valence-corrected chi connectivity index (χ1v) is 8.08. The molecule has 5 nitrogen and oxygen atoms in total. The quantitative estimate of drug-likeness (QED) is 0.798. The van der Waals surface area contributed by atoms with Crippen LogP contribution < -0.4 is 9.46 Å². The Bertz CT molecular complexity index is 496. The third-order valence-electron chi connectivity index (χ3n) is 2.68. The van der Waals surface area contributed by atoms with Gasteiger partial charge in [-0.1, -0.05) is 13.8 Å². The molecule has 0 saturated heterocycles. The van der Waals surface area contributed by atoms with E-state index in [1.54, 1.807) is 26.2 Å². The van der Waals surface area contributed by atoms with E-state index in [9.17, 15) is 8.42 Å². The first kappa shape index (κ1) is 16.9. The van der Waals surface area contributed by atoms with Crippen LogP contribution in [0.4, 0.5) is 0 Å². The summed E-state index contributed by atoms with van der Waals surface area (Å²) >= 11 is 0. The highest BCUT2D eigenvalue weighted by molar-refractivity contribution is 7.89. The molecule has 0 radical (unpaired) electrons. The van der Waals surface area contributed by atoms with Crippen molar-refractivity contribution in [3.63, 3.8) is 0 Å². The van der Waals surface area contributed by atoms with Crippen molar-refractivity contribution in [2.45, 2.75) is 31.8 Å². The molecule has 0 aliphatic rings. The summed E-state index contributed by atoms with van der Waals surface area (Å²) in [7, 11) is -1.96. The van der Waals surface area contributed by atoms with Crippen molar-refractivity contribution in [3.05, 3.63) is 24.3 Å². The molecule has 0 aliphatic carbocycles. The minimum atomic E-state index is -3.50. The molecule has 6 heteroatoms. The van der Waals surface area contributed by atoms with Crippen molar-refractivity contribution >= 4 is 10.0 Å². The predicted molar refractivity (Wildman–Crippen MR) is 78.4 cm³/mol. The molecule has 0 spiro atoms. The van der Waals surface area contributed by atoms with Gasteiger partial charge in [-0.2, -0.15) is 0 Å². The van der Waals surface area contributed by atoms with E-state index in [0.29, 0.717) is 18.3 Å². The Morgan fingerprint density at radius 2 is 1.75 bits per heavy atom. The van der Waals surface area contributed by atoms with Gasteiger partial charge in [-0.15, -0.1) is 0 Å². The second-order valence-electron chi connectivity index (χ2n) is 5.07. The summed E-state index contributed by atoms with van der Waals surface area (Å²) in [4.78, 5) is 0.220. The lowest BCUT2D eigenvalue weighted by atomic mass is 10.2. The van der Waals surface area contributed by atoms with Crippen molar-refractivity contribution in [1.82, 2.24) is 4.72 Å². The molecule has 1 aromatic rings. The standard InChI is InChI=1S/C14H23NO4S/c1-11(2)10-19-13-5-7-14(8-6-13)20(16,17)15-9-12(3)18-4/h5-8,11-12,15H,9-10H2,1-4H3. The van der Waals surface area contributed by atoms with Gasteiger partial charge in [0.15, 0.2) is 0 Å². The zero-order valence-corrected chi connectivity index (χ0v) is 13.2. The van der Waals surface area contributed by atoms with Gasteiger partial charge in [0.2, 0.25) is 10.0 Å². The molecule has 0 aromatic heterocycles. The molecule has 114 valence electrons. The average Bonchev–Trinajstić information content (AvgIpc) is 2.43. The highest BCUT2D eigenvalue weighted by atomic mass is 32.2. The number of hydrogen-bond donors (Lipinski definition) is 1. The minimum Gasteiger partial charge on any atom is -0.493 e. The van der Waals surface area contributed by atoms with E-state index in [0.717, 1.165) is 0 Å². The lowest BCUT2D eigenvalue weighted by Gasteiger charge is -2.12. The van der Waals surface area contributed by atoms with Crippen LogP contribution in [0.5, 0.6) is 5.75 Å². The van der Waals surface area contributed by atoms with E-state index in [1.807, 2.05) is 0 Å². The van der Waals surface area contributed by atoms with E-state index in [-0.39, 0.29) is 17.5 Å². The minimum absolute atomic E-state index is 0.168.